The number of rotatable bonds is 10. The van der Waals surface area contributed by atoms with Gasteiger partial charge < -0.3 is 24.5 Å². The lowest BCUT2D eigenvalue weighted by molar-refractivity contribution is -0.120. The number of nitrogens with one attached hydrogen (secondary N) is 1. The summed E-state index contributed by atoms with van der Waals surface area (Å²) in [4.78, 5) is 29.5. The van der Waals surface area contributed by atoms with E-state index < -0.39 is 5.54 Å². The third kappa shape index (κ3) is 6.69. The van der Waals surface area contributed by atoms with Crippen LogP contribution < -0.4 is 10.1 Å². The van der Waals surface area contributed by atoms with Gasteiger partial charge in [-0.05, 0) is 48.2 Å². The molecule has 0 bridgehead atoms. The summed E-state index contributed by atoms with van der Waals surface area (Å²) in [6, 6.07) is 15.1. The van der Waals surface area contributed by atoms with Crippen molar-refractivity contribution in [2.45, 2.75) is 31.5 Å². The van der Waals surface area contributed by atoms with Crippen molar-refractivity contribution in [3.8, 4) is 5.75 Å². The Bertz CT molecular complexity index is 931. The van der Waals surface area contributed by atoms with Crippen LogP contribution in [-0.2, 0) is 22.6 Å². The molecule has 0 aliphatic carbocycles. The molecule has 178 valence electrons. The molecule has 1 fully saturated rings. The third-order valence-electron chi connectivity index (χ3n) is 6.12. The number of carbonyl (C=O) groups is 2. The highest BCUT2D eigenvalue weighted by Gasteiger charge is 2.42. The topological polar surface area (TPSA) is 71.1 Å². The van der Waals surface area contributed by atoms with Crippen molar-refractivity contribution in [2.24, 2.45) is 0 Å². The minimum Gasteiger partial charge on any atom is -0.497 e. The molecule has 2 aromatic rings. The van der Waals surface area contributed by atoms with Gasteiger partial charge in [0, 0.05) is 44.9 Å². The van der Waals surface area contributed by atoms with E-state index in [0.717, 1.165) is 29.7 Å². The van der Waals surface area contributed by atoms with Gasteiger partial charge in [0.2, 0.25) is 0 Å². The Morgan fingerprint density at radius 2 is 1.88 bits per heavy atom. The van der Waals surface area contributed by atoms with Gasteiger partial charge in [-0.15, -0.1) is 0 Å². The second-order valence-corrected chi connectivity index (χ2v) is 8.72. The number of piperidine rings is 1. The first-order valence-electron chi connectivity index (χ1n) is 11.1. The number of urea groups is 1. The van der Waals surface area contributed by atoms with Crippen LogP contribution >= 0.6 is 11.6 Å². The van der Waals surface area contributed by atoms with Gasteiger partial charge in [-0.25, -0.2) is 4.79 Å². The number of ether oxygens (including phenoxy) is 2. The zero-order chi connectivity index (χ0) is 23.7. The molecule has 8 heteroatoms. The van der Waals surface area contributed by atoms with Crippen LogP contribution in [0.2, 0.25) is 5.02 Å². The summed E-state index contributed by atoms with van der Waals surface area (Å²) in [5, 5.41) is 3.67. The third-order valence-corrected chi connectivity index (χ3v) is 6.35. The van der Waals surface area contributed by atoms with Crippen molar-refractivity contribution in [3.63, 3.8) is 0 Å². The molecule has 3 rings (SSSR count). The Morgan fingerprint density at radius 1 is 1.15 bits per heavy atom. The number of nitrogens with zero attached hydrogens (tertiary/aromatic N) is 2. The molecule has 1 N–H and O–H groups in total. The summed E-state index contributed by atoms with van der Waals surface area (Å²) >= 11 is 6.11. The summed E-state index contributed by atoms with van der Waals surface area (Å²) in [5.74, 6) is 0.731. The minimum absolute atomic E-state index is 0.273. The standard InChI is InChI=1S/C25H32ClN3O4/c1-32-14-13-29(24(31)27-17-20-5-4-8-23(16-20)33-2)25(19-30)9-11-28(12-10-25)18-21-6-3-7-22(26)15-21/h3-8,15-16,19H,9-14,17-18H2,1-2H3,(H,27,31). The average molecular weight is 474 g/mol. The van der Waals surface area contributed by atoms with E-state index in [4.69, 9.17) is 21.1 Å². The zero-order valence-electron chi connectivity index (χ0n) is 19.3. The van der Waals surface area contributed by atoms with Crippen LogP contribution in [0, 0.1) is 0 Å². The highest BCUT2D eigenvalue weighted by Crippen LogP contribution is 2.29. The van der Waals surface area contributed by atoms with E-state index in [1.54, 1.807) is 19.1 Å². The fraction of sp³-hybridized carbons (Fsp3) is 0.440. The van der Waals surface area contributed by atoms with Crippen molar-refractivity contribution in [3.05, 3.63) is 64.7 Å². The zero-order valence-corrected chi connectivity index (χ0v) is 20.0. The molecule has 2 amide bonds. The number of hydrogen-bond acceptors (Lipinski definition) is 5. The first-order valence-corrected chi connectivity index (χ1v) is 11.5. The molecule has 0 atom stereocenters. The average Bonchev–Trinajstić information content (AvgIpc) is 2.84. The van der Waals surface area contributed by atoms with E-state index in [9.17, 15) is 9.59 Å². The van der Waals surface area contributed by atoms with E-state index in [-0.39, 0.29) is 6.03 Å². The van der Waals surface area contributed by atoms with Crippen LogP contribution in [0.3, 0.4) is 0 Å². The molecule has 7 nitrogen and oxygen atoms in total. The van der Waals surface area contributed by atoms with Crippen LogP contribution in [0.15, 0.2) is 48.5 Å². The van der Waals surface area contributed by atoms with Gasteiger partial charge in [0.1, 0.15) is 17.6 Å². The van der Waals surface area contributed by atoms with Gasteiger partial charge >= 0.3 is 6.03 Å². The van der Waals surface area contributed by atoms with Crippen LogP contribution in [0.25, 0.3) is 0 Å². The van der Waals surface area contributed by atoms with Gasteiger partial charge in [-0.3, -0.25) is 4.90 Å². The molecule has 0 unspecified atom stereocenters. The normalized spacial score (nSPS) is 15.6. The number of aldehydes is 1. The number of hydrogen-bond donors (Lipinski definition) is 1. The maximum Gasteiger partial charge on any atom is 0.318 e. The van der Waals surface area contributed by atoms with Crippen molar-refractivity contribution >= 4 is 23.9 Å². The Kier molecular flexibility index (Phi) is 9.11. The molecule has 33 heavy (non-hydrogen) atoms. The Balaban J connectivity index is 1.66. The molecular formula is C25H32ClN3O4. The first-order chi connectivity index (χ1) is 16.0. The first kappa shape index (κ1) is 25.0. The molecule has 1 heterocycles. The lowest BCUT2D eigenvalue weighted by Crippen LogP contribution is -2.61. The maximum absolute atomic E-state index is 13.2. The molecular weight excluding hydrogens is 442 g/mol. The minimum atomic E-state index is -0.859. The number of methoxy groups -OCH3 is 2. The van der Waals surface area contributed by atoms with Crippen molar-refractivity contribution in [1.82, 2.24) is 15.1 Å². The lowest BCUT2D eigenvalue weighted by Gasteiger charge is -2.45. The molecule has 0 saturated carbocycles. The number of halogens is 1. The maximum atomic E-state index is 13.2. The van der Waals surface area contributed by atoms with Gasteiger partial charge in [0.05, 0.1) is 13.7 Å². The SMILES string of the molecule is COCCN(C(=O)NCc1cccc(OC)c1)C1(C=O)CCN(Cc2cccc(Cl)c2)CC1. The summed E-state index contributed by atoms with van der Waals surface area (Å²) in [6.45, 7) is 3.21. The molecule has 0 radical (unpaired) electrons. The van der Waals surface area contributed by atoms with Gasteiger partial charge in [0.15, 0.2) is 0 Å². The van der Waals surface area contributed by atoms with Gasteiger partial charge in [0.25, 0.3) is 0 Å². The van der Waals surface area contributed by atoms with Crippen LogP contribution in [-0.4, -0.2) is 68.1 Å². The van der Waals surface area contributed by atoms with Gasteiger partial charge in [-0.2, -0.15) is 0 Å². The predicted octanol–water partition coefficient (Wildman–Crippen LogP) is 3.74. The quantitative estimate of drug-likeness (QED) is 0.532. The van der Waals surface area contributed by atoms with E-state index in [0.29, 0.717) is 50.7 Å². The fourth-order valence-corrected chi connectivity index (χ4v) is 4.42. The van der Waals surface area contributed by atoms with E-state index in [1.165, 1.54) is 0 Å². The molecule has 0 aromatic heterocycles. The highest BCUT2D eigenvalue weighted by molar-refractivity contribution is 6.30. The summed E-state index contributed by atoms with van der Waals surface area (Å²) in [6.07, 6.45) is 2.06. The number of likely N-dealkylation sites (tertiary alicyclic amines) is 1. The van der Waals surface area contributed by atoms with E-state index in [2.05, 4.69) is 10.2 Å². The molecule has 1 aliphatic heterocycles. The van der Waals surface area contributed by atoms with E-state index >= 15 is 0 Å². The van der Waals surface area contributed by atoms with Crippen molar-refractivity contribution in [1.29, 1.82) is 0 Å². The molecule has 1 saturated heterocycles. The van der Waals surface area contributed by atoms with Crippen LogP contribution in [0.4, 0.5) is 4.79 Å². The Labute approximate surface area is 200 Å². The largest absolute Gasteiger partial charge is 0.497 e. The monoisotopic (exact) mass is 473 g/mol. The lowest BCUT2D eigenvalue weighted by atomic mass is 9.87. The molecule has 0 spiro atoms. The highest BCUT2D eigenvalue weighted by atomic mass is 35.5. The predicted molar refractivity (Wildman–Crippen MR) is 129 cm³/mol. The Hall–Kier alpha value is -2.61. The van der Waals surface area contributed by atoms with Gasteiger partial charge in [-0.1, -0.05) is 35.9 Å². The second kappa shape index (κ2) is 12.0. The fourth-order valence-electron chi connectivity index (χ4n) is 4.21. The summed E-state index contributed by atoms with van der Waals surface area (Å²) in [5.41, 5.74) is 1.20. The number of carbonyl (C=O) groups excluding carboxylic acids is 2. The van der Waals surface area contributed by atoms with E-state index in [1.807, 2.05) is 48.5 Å². The van der Waals surface area contributed by atoms with Crippen molar-refractivity contribution in [2.75, 3.05) is 40.5 Å². The van der Waals surface area contributed by atoms with Crippen LogP contribution in [0.5, 0.6) is 5.75 Å². The van der Waals surface area contributed by atoms with Crippen LogP contribution in [0.1, 0.15) is 24.0 Å². The smallest absolute Gasteiger partial charge is 0.318 e. The molecule has 1 aliphatic rings. The number of amides is 2. The second-order valence-electron chi connectivity index (χ2n) is 8.28. The Morgan fingerprint density at radius 3 is 2.55 bits per heavy atom. The summed E-state index contributed by atoms with van der Waals surface area (Å²) < 4.78 is 10.5. The summed E-state index contributed by atoms with van der Waals surface area (Å²) in [7, 11) is 3.20. The van der Waals surface area contributed by atoms with Crippen molar-refractivity contribution < 1.29 is 19.1 Å². The molecule has 2 aromatic carbocycles. The number of benzene rings is 2.